The summed E-state index contributed by atoms with van der Waals surface area (Å²) in [5.74, 6) is 0.823. The van der Waals surface area contributed by atoms with E-state index in [-0.39, 0.29) is 30.2 Å². The van der Waals surface area contributed by atoms with E-state index in [1.54, 1.807) is 12.1 Å². The van der Waals surface area contributed by atoms with Crippen molar-refractivity contribution in [3.8, 4) is 0 Å². The van der Waals surface area contributed by atoms with Gasteiger partial charge in [0.15, 0.2) is 5.76 Å². The molecule has 20 heavy (non-hydrogen) atoms. The van der Waals surface area contributed by atoms with Crippen molar-refractivity contribution < 1.29 is 14.0 Å². The van der Waals surface area contributed by atoms with Gasteiger partial charge >= 0.3 is 0 Å². The number of carbonyl (C=O) groups excluding carboxylic acids is 2. The van der Waals surface area contributed by atoms with Crippen molar-refractivity contribution in [2.75, 3.05) is 6.54 Å². The van der Waals surface area contributed by atoms with E-state index in [0.717, 1.165) is 12.8 Å². The molecule has 1 saturated carbocycles. The van der Waals surface area contributed by atoms with Gasteiger partial charge in [-0.1, -0.05) is 26.7 Å². The molecule has 110 valence electrons. The minimum atomic E-state index is -0.366. The number of hydrogen-bond donors (Lipinski definition) is 2. The third kappa shape index (κ3) is 3.62. The molecule has 0 saturated heterocycles. The van der Waals surface area contributed by atoms with Crippen LogP contribution in [0.5, 0.6) is 0 Å². The predicted octanol–water partition coefficient (Wildman–Crippen LogP) is 1.95. The molecule has 0 unspecified atom stereocenters. The highest BCUT2D eigenvalue weighted by molar-refractivity contribution is 5.94. The van der Waals surface area contributed by atoms with Gasteiger partial charge in [0.2, 0.25) is 5.91 Å². The van der Waals surface area contributed by atoms with Crippen LogP contribution in [-0.2, 0) is 4.79 Å². The summed E-state index contributed by atoms with van der Waals surface area (Å²) in [7, 11) is 0. The van der Waals surface area contributed by atoms with Crippen LogP contribution in [0.3, 0.4) is 0 Å². The standard InChI is InChI=1S/C15H22N2O3/c1-10-5-3-6-12(11(10)2)17-14(18)9-16-15(19)13-7-4-8-20-13/h4,7-8,10-12H,3,5-6,9H2,1-2H3,(H,16,19)(H,17,18)/t10-,11-,12-/m1/s1. The first-order chi connectivity index (χ1) is 9.58. The lowest BCUT2D eigenvalue weighted by Gasteiger charge is -2.34. The predicted molar refractivity (Wildman–Crippen MR) is 75.2 cm³/mol. The zero-order valence-electron chi connectivity index (χ0n) is 12.0. The van der Waals surface area contributed by atoms with Crippen LogP contribution in [0.4, 0.5) is 0 Å². The van der Waals surface area contributed by atoms with Crippen molar-refractivity contribution >= 4 is 11.8 Å². The fraction of sp³-hybridized carbons (Fsp3) is 0.600. The number of hydrogen-bond acceptors (Lipinski definition) is 3. The van der Waals surface area contributed by atoms with Gasteiger partial charge < -0.3 is 15.1 Å². The van der Waals surface area contributed by atoms with Crippen LogP contribution >= 0.6 is 0 Å². The lowest BCUT2D eigenvalue weighted by Crippen LogP contribution is -2.47. The Balaban J connectivity index is 1.76. The van der Waals surface area contributed by atoms with Gasteiger partial charge in [-0.25, -0.2) is 0 Å². The summed E-state index contributed by atoms with van der Waals surface area (Å²) in [6.07, 6.45) is 4.82. The first-order valence-corrected chi connectivity index (χ1v) is 7.19. The molecule has 0 bridgehead atoms. The van der Waals surface area contributed by atoms with Crippen LogP contribution in [-0.4, -0.2) is 24.4 Å². The molecule has 0 spiro atoms. The quantitative estimate of drug-likeness (QED) is 0.884. The van der Waals surface area contributed by atoms with E-state index < -0.39 is 0 Å². The molecule has 5 heteroatoms. The van der Waals surface area contributed by atoms with Gasteiger partial charge in [0.25, 0.3) is 5.91 Å². The third-order valence-electron chi connectivity index (χ3n) is 4.21. The van der Waals surface area contributed by atoms with Crippen molar-refractivity contribution in [3.63, 3.8) is 0 Å². The minimum Gasteiger partial charge on any atom is -0.459 e. The molecule has 1 aliphatic rings. The molecule has 1 fully saturated rings. The molecule has 1 aliphatic carbocycles. The van der Waals surface area contributed by atoms with Crippen molar-refractivity contribution in [2.24, 2.45) is 11.8 Å². The minimum absolute atomic E-state index is 0.0167. The van der Waals surface area contributed by atoms with Gasteiger partial charge in [-0.2, -0.15) is 0 Å². The Hall–Kier alpha value is -1.78. The Morgan fingerprint density at radius 3 is 2.85 bits per heavy atom. The summed E-state index contributed by atoms with van der Waals surface area (Å²) < 4.78 is 4.96. The number of carbonyl (C=O) groups is 2. The smallest absolute Gasteiger partial charge is 0.287 e. The second-order valence-corrected chi connectivity index (χ2v) is 5.60. The maximum absolute atomic E-state index is 11.9. The molecule has 0 radical (unpaired) electrons. The fourth-order valence-electron chi connectivity index (χ4n) is 2.70. The Labute approximate surface area is 119 Å². The van der Waals surface area contributed by atoms with Crippen LogP contribution in [0.2, 0.25) is 0 Å². The van der Waals surface area contributed by atoms with Gasteiger partial charge in [-0.15, -0.1) is 0 Å². The highest BCUT2D eigenvalue weighted by Crippen LogP contribution is 2.29. The fourth-order valence-corrected chi connectivity index (χ4v) is 2.70. The average molecular weight is 278 g/mol. The van der Waals surface area contributed by atoms with Gasteiger partial charge in [0, 0.05) is 6.04 Å². The number of nitrogens with one attached hydrogen (secondary N) is 2. The number of furan rings is 1. The van der Waals surface area contributed by atoms with Crippen LogP contribution in [0.15, 0.2) is 22.8 Å². The molecule has 1 aromatic heterocycles. The molecular weight excluding hydrogens is 256 g/mol. The summed E-state index contributed by atoms with van der Waals surface area (Å²) in [6, 6.07) is 3.42. The van der Waals surface area contributed by atoms with E-state index in [2.05, 4.69) is 24.5 Å². The van der Waals surface area contributed by atoms with Crippen molar-refractivity contribution in [3.05, 3.63) is 24.2 Å². The summed E-state index contributed by atoms with van der Waals surface area (Å²) >= 11 is 0. The summed E-state index contributed by atoms with van der Waals surface area (Å²) in [5.41, 5.74) is 0. The molecule has 2 amide bonds. The van der Waals surface area contributed by atoms with Gasteiger partial charge in [0.1, 0.15) is 0 Å². The highest BCUT2D eigenvalue weighted by Gasteiger charge is 2.28. The molecule has 1 aromatic rings. The molecule has 2 N–H and O–H groups in total. The van der Waals surface area contributed by atoms with Gasteiger partial charge in [0.05, 0.1) is 12.8 Å². The molecule has 3 atom stereocenters. The number of rotatable bonds is 4. The van der Waals surface area contributed by atoms with E-state index in [0.29, 0.717) is 11.8 Å². The van der Waals surface area contributed by atoms with E-state index in [9.17, 15) is 9.59 Å². The second kappa shape index (κ2) is 6.59. The van der Waals surface area contributed by atoms with E-state index >= 15 is 0 Å². The SMILES string of the molecule is C[C@@H]1[C@H](C)CCC[C@H]1NC(=O)CNC(=O)c1ccco1. The second-order valence-electron chi connectivity index (χ2n) is 5.60. The molecule has 5 nitrogen and oxygen atoms in total. The van der Waals surface area contributed by atoms with Gasteiger partial charge in [-0.05, 0) is 30.4 Å². The first kappa shape index (κ1) is 14.6. The van der Waals surface area contributed by atoms with Crippen molar-refractivity contribution in [1.29, 1.82) is 0 Å². The first-order valence-electron chi connectivity index (χ1n) is 7.19. The monoisotopic (exact) mass is 278 g/mol. The average Bonchev–Trinajstić information content (AvgIpc) is 2.95. The molecule has 0 aromatic carbocycles. The summed E-state index contributed by atoms with van der Waals surface area (Å²) in [4.78, 5) is 23.5. The summed E-state index contributed by atoms with van der Waals surface area (Å²) in [6.45, 7) is 4.38. The maximum atomic E-state index is 11.9. The Morgan fingerprint density at radius 2 is 2.15 bits per heavy atom. The largest absolute Gasteiger partial charge is 0.459 e. The lowest BCUT2D eigenvalue weighted by atomic mass is 9.78. The van der Waals surface area contributed by atoms with E-state index in [4.69, 9.17) is 4.42 Å². The molecule has 0 aliphatic heterocycles. The highest BCUT2D eigenvalue weighted by atomic mass is 16.3. The maximum Gasteiger partial charge on any atom is 0.287 e. The normalized spacial score (nSPS) is 26.0. The third-order valence-corrected chi connectivity index (χ3v) is 4.21. The Kier molecular flexibility index (Phi) is 4.82. The Morgan fingerprint density at radius 1 is 1.35 bits per heavy atom. The Bertz CT molecular complexity index is 456. The molecule has 2 rings (SSSR count). The zero-order chi connectivity index (χ0) is 14.5. The number of amides is 2. The van der Waals surface area contributed by atoms with Crippen molar-refractivity contribution in [1.82, 2.24) is 10.6 Å². The lowest BCUT2D eigenvalue weighted by molar-refractivity contribution is -0.121. The van der Waals surface area contributed by atoms with Crippen LogP contribution in [0.25, 0.3) is 0 Å². The topological polar surface area (TPSA) is 71.3 Å². The van der Waals surface area contributed by atoms with E-state index in [1.165, 1.54) is 12.7 Å². The van der Waals surface area contributed by atoms with Crippen LogP contribution in [0, 0.1) is 11.8 Å². The molecule has 1 heterocycles. The van der Waals surface area contributed by atoms with Crippen LogP contribution in [0.1, 0.15) is 43.7 Å². The summed E-state index contributed by atoms with van der Waals surface area (Å²) in [5, 5.41) is 5.57. The van der Waals surface area contributed by atoms with E-state index in [1.807, 2.05) is 0 Å². The van der Waals surface area contributed by atoms with Crippen LogP contribution < -0.4 is 10.6 Å². The van der Waals surface area contributed by atoms with Crippen molar-refractivity contribution in [2.45, 2.75) is 39.2 Å². The molecular formula is C15H22N2O3. The zero-order valence-corrected chi connectivity index (χ0v) is 12.0. The van der Waals surface area contributed by atoms with Gasteiger partial charge in [-0.3, -0.25) is 9.59 Å².